The summed E-state index contributed by atoms with van der Waals surface area (Å²) >= 11 is 1.74. The van der Waals surface area contributed by atoms with Crippen molar-refractivity contribution < 1.29 is 8.42 Å². The highest BCUT2D eigenvalue weighted by atomic mass is 32.2. The van der Waals surface area contributed by atoms with Crippen LogP contribution in [0.15, 0.2) is 24.3 Å². The molecule has 6 heteroatoms. The molecule has 0 bridgehead atoms. The highest BCUT2D eigenvalue weighted by molar-refractivity contribution is 8.01. The Morgan fingerprint density at radius 3 is 2.71 bits per heavy atom. The summed E-state index contributed by atoms with van der Waals surface area (Å²) in [6, 6.07) is 8.26. The van der Waals surface area contributed by atoms with Gasteiger partial charge < -0.3 is 5.32 Å². The summed E-state index contributed by atoms with van der Waals surface area (Å²) in [5.74, 6) is 1.93. The van der Waals surface area contributed by atoms with Crippen LogP contribution in [0.4, 0.5) is 5.69 Å². The van der Waals surface area contributed by atoms with Crippen LogP contribution in [-0.2, 0) is 9.84 Å². The minimum Gasteiger partial charge on any atom is -0.384 e. The third-order valence-electron chi connectivity index (χ3n) is 3.79. The predicted octanol–water partition coefficient (Wildman–Crippen LogP) is 2.22. The first-order chi connectivity index (χ1) is 10.0. The van der Waals surface area contributed by atoms with Gasteiger partial charge >= 0.3 is 0 Å². The van der Waals surface area contributed by atoms with E-state index < -0.39 is 9.84 Å². The van der Waals surface area contributed by atoms with E-state index >= 15 is 0 Å². The van der Waals surface area contributed by atoms with Gasteiger partial charge in [0, 0.05) is 42.6 Å². The van der Waals surface area contributed by atoms with Gasteiger partial charge in [-0.2, -0.15) is 11.8 Å². The molecule has 1 saturated heterocycles. The highest BCUT2D eigenvalue weighted by Gasteiger charge is 2.32. The molecule has 1 aromatic rings. The number of benzene rings is 1. The largest absolute Gasteiger partial charge is 0.384 e. The Morgan fingerprint density at radius 2 is 2.05 bits per heavy atom. The molecule has 0 radical (unpaired) electrons. The molecule has 118 valence electrons. The van der Waals surface area contributed by atoms with Gasteiger partial charge in [0.2, 0.25) is 0 Å². The molecular formula is C15H24N2O2S2. The summed E-state index contributed by atoms with van der Waals surface area (Å²) < 4.78 is 24.3. The molecule has 2 rings (SSSR count). The van der Waals surface area contributed by atoms with E-state index in [2.05, 4.69) is 41.4 Å². The molecule has 0 spiro atoms. The van der Waals surface area contributed by atoms with Gasteiger partial charge in [-0.25, -0.2) is 8.42 Å². The number of hydrogen-bond acceptors (Lipinski definition) is 5. The third kappa shape index (κ3) is 4.63. The lowest BCUT2D eigenvalue weighted by atomic mass is 10.2. The third-order valence-corrected chi connectivity index (χ3v) is 7.12. The van der Waals surface area contributed by atoms with E-state index in [1.165, 1.54) is 5.56 Å². The van der Waals surface area contributed by atoms with Gasteiger partial charge in [-0.15, -0.1) is 0 Å². The summed E-state index contributed by atoms with van der Waals surface area (Å²) in [6.07, 6.45) is 0. The zero-order chi connectivity index (χ0) is 15.3. The Bertz CT molecular complexity index is 543. The smallest absolute Gasteiger partial charge is 0.166 e. The van der Waals surface area contributed by atoms with Crippen molar-refractivity contribution in [3.63, 3.8) is 0 Å². The molecular weight excluding hydrogens is 304 g/mol. The van der Waals surface area contributed by atoms with Crippen molar-refractivity contribution in [3.05, 3.63) is 29.8 Å². The maximum atomic E-state index is 12.2. The molecule has 0 amide bonds. The SMILES string of the molecule is CCS(=O)(=O)C1CSCCN1CCNc1ccc(C)cc1. The molecule has 1 heterocycles. The van der Waals surface area contributed by atoms with Crippen LogP contribution in [0.3, 0.4) is 0 Å². The fourth-order valence-corrected chi connectivity index (χ4v) is 5.52. The Morgan fingerprint density at radius 1 is 1.33 bits per heavy atom. The Hall–Kier alpha value is -0.720. The van der Waals surface area contributed by atoms with Crippen molar-refractivity contribution in [2.75, 3.05) is 42.2 Å². The summed E-state index contributed by atoms with van der Waals surface area (Å²) in [5.41, 5.74) is 2.32. The Balaban J connectivity index is 1.89. The fraction of sp³-hybridized carbons (Fsp3) is 0.600. The second-order valence-corrected chi connectivity index (χ2v) is 8.91. The van der Waals surface area contributed by atoms with E-state index in [1.807, 2.05) is 0 Å². The molecule has 1 aliphatic heterocycles. The van der Waals surface area contributed by atoms with Crippen LogP contribution in [0.25, 0.3) is 0 Å². The van der Waals surface area contributed by atoms with Crippen molar-refractivity contribution in [2.24, 2.45) is 0 Å². The molecule has 1 aliphatic rings. The second kappa shape index (κ2) is 7.51. The molecule has 0 saturated carbocycles. The lowest BCUT2D eigenvalue weighted by Crippen LogP contribution is -2.49. The van der Waals surface area contributed by atoms with Gasteiger partial charge in [-0.3, -0.25) is 4.90 Å². The second-order valence-electron chi connectivity index (χ2n) is 5.31. The van der Waals surface area contributed by atoms with E-state index in [0.29, 0.717) is 5.75 Å². The zero-order valence-corrected chi connectivity index (χ0v) is 14.3. The fourth-order valence-electron chi connectivity index (χ4n) is 2.41. The normalized spacial score (nSPS) is 20.4. The number of sulfone groups is 1. The monoisotopic (exact) mass is 328 g/mol. The summed E-state index contributed by atoms with van der Waals surface area (Å²) in [5, 5.41) is 3.05. The number of nitrogens with one attached hydrogen (secondary N) is 1. The molecule has 1 N–H and O–H groups in total. The maximum absolute atomic E-state index is 12.2. The topological polar surface area (TPSA) is 49.4 Å². The van der Waals surface area contributed by atoms with Crippen LogP contribution in [0.2, 0.25) is 0 Å². The minimum absolute atomic E-state index is 0.222. The van der Waals surface area contributed by atoms with Gasteiger partial charge in [0.05, 0.1) is 0 Å². The Kier molecular flexibility index (Phi) is 5.96. The Labute approximate surface area is 132 Å². The summed E-state index contributed by atoms with van der Waals surface area (Å²) in [7, 11) is -2.99. The number of anilines is 1. The molecule has 1 fully saturated rings. The summed E-state index contributed by atoms with van der Waals surface area (Å²) in [4.78, 5) is 2.11. The minimum atomic E-state index is -2.99. The van der Waals surface area contributed by atoms with E-state index in [1.54, 1.807) is 18.7 Å². The van der Waals surface area contributed by atoms with Crippen molar-refractivity contribution in [1.29, 1.82) is 0 Å². The van der Waals surface area contributed by atoms with Crippen LogP contribution in [0.1, 0.15) is 12.5 Å². The highest BCUT2D eigenvalue weighted by Crippen LogP contribution is 2.21. The number of nitrogens with zero attached hydrogens (tertiary/aromatic N) is 1. The van der Waals surface area contributed by atoms with Crippen LogP contribution in [0.5, 0.6) is 0 Å². The van der Waals surface area contributed by atoms with Crippen molar-refractivity contribution >= 4 is 27.3 Å². The molecule has 1 aromatic carbocycles. The molecule has 1 unspecified atom stereocenters. The van der Waals surface area contributed by atoms with Crippen LogP contribution in [0, 0.1) is 6.92 Å². The standard InChI is InChI=1S/C15H24N2O2S2/c1-3-21(18,19)15-12-20-11-10-17(15)9-8-16-14-6-4-13(2)5-7-14/h4-7,15-16H,3,8-12H2,1-2H3. The van der Waals surface area contributed by atoms with Gasteiger partial charge in [0.25, 0.3) is 0 Å². The van der Waals surface area contributed by atoms with Crippen molar-refractivity contribution in [1.82, 2.24) is 4.90 Å². The average Bonchev–Trinajstić information content (AvgIpc) is 2.50. The van der Waals surface area contributed by atoms with E-state index in [9.17, 15) is 8.42 Å². The maximum Gasteiger partial charge on any atom is 0.166 e. The molecule has 21 heavy (non-hydrogen) atoms. The van der Waals surface area contributed by atoms with Gasteiger partial charge in [-0.05, 0) is 19.1 Å². The predicted molar refractivity (Wildman–Crippen MR) is 91.8 cm³/mol. The first-order valence-electron chi connectivity index (χ1n) is 7.37. The number of rotatable bonds is 6. The molecule has 0 aromatic heterocycles. The molecule has 4 nitrogen and oxygen atoms in total. The first-order valence-corrected chi connectivity index (χ1v) is 10.2. The van der Waals surface area contributed by atoms with Gasteiger partial charge in [0.15, 0.2) is 9.84 Å². The van der Waals surface area contributed by atoms with Crippen molar-refractivity contribution in [3.8, 4) is 0 Å². The van der Waals surface area contributed by atoms with Gasteiger partial charge in [0.1, 0.15) is 5.37 Å². The van der Waals surface area contributed by atoms with E-state index in [0.717, 1.165) is 31.1 Å². The number of thioether (sulfide) groups is 1. The van der Waals surface area contributed by atoms with Crippen LogP contribution < -0.4 is 5.32 Å². The van der Waals surface area contributed by atoms with Crippen LogP contribution >= 0.6 is 11.8 Å². The van der Waals surface area contributed by atoms with Crippen molar-refractivity contribution in [2.45, 2.75) is 19.2 Å². The number of aryl methyl sites for hydroxylation is 1. The lowest BCUT2D eigenvalue weighted by Gasteiger charge is -2.34. The molecule has 1 atom stereocenters. The summed E-state index contributed by atoms with van der Waals surface area (Å²) in [6.45, 7) is 6.18. The van der Waals surface area contributed by atoms with Crippen LogP contribution in [-0.4, -0.2) is 55.6 Å². The van der Waals surface area contributed by atoms with E-state index in [-0.39, 0.29) is 11.1 Å². The van der Waals surface area contributed by atoms with Gasteiger partial charge in [-0.1, -0.05) is 24.6 Å². The zero-order valence-electron chi connectivity index (χ0n) is 12.7. The quantitative estimate of drug-likeness (QED) is 0.868. The lowest BCUT2D eigenvalue weighted by molar-refractivity contribution is 0.280. The van der Waals surface area contributed by atoms with E-state index in [4.69, 9.17) is 0 Å². The molecule has 0 aliphatic carbocycles. The average molecular weight is 329 g/mol. The number of hydrogen-bond donors (Lipinski definition) is 1. The first kappa shape index (κ1) is 16.6.